The molecule has 0 aliphatic rings. The first-order valence-electron chi connectivity index (χ1n) is 10.1. The number of thiazole rings is 1. The van der Waals surface area contributed by atoms with Crippen LogP contribution in [0.25, 0.3) is 5.69 Å². The number of hydrogen-bond donors (Lipinski definition) is 0. The molecule has 0 spiro atoms. The molecule has 2 aromatic heterocycles. The molecule has 0 saturated carbocycles. The van der Waals surface area contributed by atoms with Crippen molar-refractivity contribution in [1.82, 2.24) is 24.6 Å². The lowest BCUT2D eigenvalue weighted by Gasteiger charge is -2.23. The van der Waals surface area contributed by atoms with Gasteiger partial charge in [0.05, 0.1) is 23.9 Å². The summed E-state index contributed by atoms with van der Waals surface area (Å²) >= 11 is 3.40. The number of rotatable bonds is 8. The fraction of sp³-hybridized carbons (Fsp3) is 0.500. The molecule has 6 nitrogen and oxygen atoms in total. The summed E-state index contributed by atoms with van der Waals surface area (Å²) in [5.41, 5.74) is 2.19. The quantitative estimate of drug-likeness (QED) is 0.437. The van der Waals surface area contributed by atoms with Gasteiger partial charge in [-0.3, -0.25) is 9.47 Å². The fourth-order valence-electron chi connectivity index (χ4n) is 3.20. The van der Waals surface area contributed by atoms with Crippen molar-refractivity contribution in [2.75, 3.05) is 21.2 Å². The van der Waals surface area contributed by atoms with E-state index in [2.05, 4.69) is 79.0 Å². The topological polar surface area (TPSA) is 56.1 Å². The molecule has 0 amide bonds. The van der Waals surface area contributed by atoms with Crippen LogP contribution in [0.1, 0.15) is 56.7 Å². The molecule has 0 aliphatic carbocycles. The van der Waals surface area contributed by atoms with Crippen LogP contribution in [0.3, 0.4) is 0 Å². The smallest absolute Gasteiger partial charge is 0.196 e. The maximum atomic E-state index is 5.33. The molecule has 0 fully saturated rings. The third-order valence-electron chi connectivity index (χ3n) is 4.84. The Morgan fingerprint density at radius 2 is 1.87 bits per heavy atom. The average molecular weight is 446 g/mol. The lowest BCUT2D eigenvalue weighted by atomic mass is 9.98. The second-order valence-corrected chi connectivity index (χ2v) is 10.2. The fourth-order valence-corrected chi connectivity index (χ4v) is 5.06. The van der Waals surface area contributed by atoms with E-state index in [1.54, 1.807) is 30.2 Å². The Bertz CT molecular complexity index is 957. The van der Waals surface area contributed by atoms with Gasteiger partial charge in [0.2, 0.25) is 0 Å². The minimum atomic E-state index is 0.0733. The number of aromatic nitrogens is 4. The Morgan fingerprint density at radius 3 is 2.40 bits per heavy atom. The van der Waals surface area contributed by atoms with Gasteiger partial charge in [0, 0.05) is 22.2 Å². The molecule has 3 aromatic rings. The lowest BCUT2D eigenvalue weighted by molar-refractivity contribution is 0.276. The molecule has 162 valence electrons. The van der Waals surface area contributed by atoms with Gasteiger partial charge in [0.25, 0.3) is 0 Å². The van der Waals surface area contributed by atoms with Gasteiger partial charge in [0.15, 0.2) is 11.0 Å². The molecule has 0 saturated heterocycles. The number of benzene rings is 1. The number of methoxy groups -OCH3 is 1. The lowest BCUT2D eigenvalue weighted by Crippen LogP contribution is -2.22. The highest BCUT2D eigenvalue weighted by atomic mass is 32.2. The van der Waals surface area contributed by atoms with Gasteiger partial charge < -0.3 is 4.74 Å². The molecule has 30 heavy (non-hydrogen) atoms. The predicted octanol–water partition coefficient (Wildman–Crippen LogP) is 5.33. The highest BCUT2D eigenvalue weighted by Gasteiger charge is 2.24. The molecule has 0 N–H and O–H groups in total. The zero-order valence-corrected chi connectivity index (χ0v) is 20.5. The highest BCUT2D eigenvalue weighted by Crippen LogP contribution is 2.32. The maximum absolute atomic E-state index is 5.33. The zero-order chi connectivity index (χ0) is 21.9. The summed E-state index contributed by atoms with van der Waals surface area (Å²) in [4.78, 5) is 7.01. The highest BCUT2D eigenvalue weighted by molar-refractivity contribution is 7.98. The Hall–Kier alpha value is -1.90. The number of ether oxygens (including phenoxy) is 1. The first-order valence-corrected chi connectivity index (χ1v) is 11.9. The van der Waals surface area contributed by atoms with Gasteiger partial charge in [-0.1, -0.05) is 39.5 Å². The summed E-state index contributed by atoms with van der Waals surface area (Å²) in [5.74, 6) is 2.54. The van der Waals surface area contributed by atoms with Crippen molar-refractivity contribution in [3.8, 4) is 11.4 Å². The standard InChI is InChI=1S/C22H31N5OS2/c1-8-18(26(5)6)19-24-25-21(27(19)16-9-11-17(28-7)12-10-16)30-14-15-13-29-20(23-15)22(2,3)4/h9-13,18H,8,14H2,1-7H3. The van der Waals surface area contributed by atoms with Crippen LogP contribution in [-0.4, -0.2) is 45.9 Å². The number of hydrogen-bond acceptors (Lipinski definition) is 7. The molecule has 3 rings (SSSR count). The second-order valence-electron chi connectivity index (χ2n) is 8.44. The predicted molar refractivity (Wildman–Crippen MR) is 125 cm³/mol. The van der Waals surface area contributed by atoms with Crippen molar-refractivity contribution in [1.29, 1.82) is 0 Å². The van der Waals surface area contributed by atoms with E-state index in [0.717, 1.165) is 45.3 Å². The van der Waals surface area contributed by atoms with Gasteiger partial charge >= 0.3 is 0 Å². The normalized spacial score (nSPS) is 13.1. The van der Waals surface area contributed by atoms with Gasteiger partial charge in [-0.05, 0) is 44.8 Å². The van der Waals surface area contributed by atoms with E-state index >= 15 is 0 Å². The molecule has 0 bridgehead atoms. The largest absolute Gasteiger partial charge is 0.497 e. The van der Waals surface area contributed by atoms with Gasteiger partial charge in [-0.15, -0.1) is 21.5 Å². The van der Waals surface area contributed by atoms with Gasteiger partial charge in [-0.2, -0.15) is 0 Å². The van der Waals surface area contributed by atoms with Crippen LogP contribution in [0.4, 0.5) is 0 Å². The van der Waals surface area contributed by atoms with Crippen LogP contribution in [-0.2, 0) is 11.2 Å². The van der Waals surface area contributed by atoms with E-state index in [4.69, 9.17) is 9.72 Å². The monoisotopic (exact) mass is 445 g/mol. The summed E-state index contributed by atoms with van der Waals surface area (Å²) in [7, 11) is 5.84. The van der Waals surface area contributed by atoms with Gasteiger partial charge in [-0.25, -0.2) is 4.98 Å². The molecule has 8 heteroatoms. The number of nitrogens with zero attached hydrogens (tertiary/aromatic N) is 5. The summed E-state index contributed by atoms with van der Waals surface area (Å²) in [6.45, 7) is 8.76. The summed E-state index contributed by atoms with van der Waals surface area (Å²) in [6, 6.07) is 8.23. The van der Waals surface area contributed by atoms with Crippen molar-refractivity contribution < 1.29 is 4.74 Å². The average Bonchev–Trinajstić information content (AvgIpc) is 3.34. The molecule has 0 radical (unpaired) electrons. The maximum Gasteiger partial charge on any atom is 0.196 e. The Kier molecular flexibility index (Phi) is 7.21. The number of thioether (sulfide) groups is 1. The van der Waals surface area contributed by atoms with Crippen molar-refractivity contribution in [2.24, 2.45) is 0 Å². The zero-order valence-electron chi connectivity index (χ0n) is 18.8. The molecule has 2 heterocycles. The Labute approximate surface area is 187 Å². The third-order valence-corrected chi connectivity index (χ3v) is 7.12. The SMILES string of the molecule is CCC(c1nnc(SCc2csc(C(C)(C)C)n2)n1-c1ccc(OC)cc1)N(C)C. The van der Waals surface area contributed by atoms with E-state index in [9.17, 15) is 0 Å². The Balaban J connectivity index is 1.93. The molecule has 1 aromatic carbocycles. The second kappa shape index (κ2) is 9.49. The molecular formula is C22H31N5OS2. The first-order chi connectivity index (χ1) is 14.2. The van der Waals surface area contributed by atoms with Crippen LogP contribution >= 0.6 is 23.1 Å². The van der Waals surface area contributed by atoms with Crippen LogP contribution in [0.2, 0.25) is 0 Å². The van der Waals surface area contributed by atoms with Gasteiger partial charge in [0.1, 0.15) is 5.75 Å². The molecule has 0 aliphatic heterocycles. The van der Waals surface area contributed by atoms with E-state index in [1.165, 1.54) is 0 Å². The van der Waals surface area contributed by atoms with Crippen LogP contribution in [0.5, 0.6) is 5.75 Å². The summed E-state index contributed by atoms with van der Waals surface area (Å²) in [5, 5.41) is 13.3. The van der Waals surface area contributed by atoms with Crippen molar-refractivity contribution >= 4 is 23.1 Å². The minimum Gasteiger partial charge on any atom is -0.497 e. The van der Waals surface area contributed by atoms with E-state index < -0.39 is 0 Å². The van der Waals surface area contributed by atoms with Crippen molar-refractivity contribution in [2.45, 2.75) is 56.5 Å². The van der Waals surface area contributed by atoms with Crippen LogP contribution < -0.4 is 4.74 Å². The molecule has 1 unspecified atom stereocenters. The van der Waals surface area contributed by atoms with Crippen LogP contribution in [0.15, 0.2) is 34.8 Å². The van der Waals surface area contributed by atoms with Crippen LogP contribution in [0, 0.1) is 0 Å². The van der Waals surface area contributed by atoms with E-state index in [0.29, 0.717) is 0 Å². The first kappa shape index (κ1) is 22.8. The molecule has 1 atom stereocenters. The van der Waals surface area contributed by atoms with E-state index in [-0.39, 0.29) is 11.5 Å². The third kappa shape index (κ3) is 5.04. The molecular weight excluding hydrogens is 414 g/mol. The van der Waals surface area contributed by atoms with Crippen molar-refractivity contribution in [3.63, 3.8) is 0 Å². The summed E-state index contributed by atoms with van der Waals surface area (Å²) < 4.78 is 7.49. The van der Waals surface area contributed by atoms with Crippen molar-refractivity contribution in [3.05, 3.63) is 46.2 Å². The van der Waals surface area contributed by atoms with E-state index in [1.807, 2.05) is 12.1 Å². The Morgan fingerprint density at radius 1 is 1.17 bits per heavy atom. The summed E-state index contributed by atoms with van der Waals surface area (Å²) in [6.07, 6.45) is 0.951. The minimum absolute atomic E-state index is 0.0733.